The molecule has 0 bridgehead atoms. The van der Waals surface area contributed by atoms with Gasteiger partial charge in [0.25, 0.3) is 5.91 Å². The third-order valence-corrected chi connectivity index (χ3v) is 12.2. The molecule has 2 heterocycles. The number of aromatic amines is 1. The van der Waals surface area contributed by atoms with Crippen molar-refractivity contribution in [3.05, 3.63) is 160 Å². The van der Waals surface area contributed by atoms with E-state index in [0.717, 1.165) is 41.8 Å². The van der Waals surface area contributed by atoms with Gasteiger partial charge in [-0.15, -0.1) is 0 Å². The number of piperidine rings is 1. The molecular weight excluding hydrogens is 1030 g/mol. The number of pyridine rings is 1. The van der Waals surface area contributed by atoms with Gasteiger partial charge in [0.05, 0.1) is 17.3 Å². The number of aromatic hydroxyl groups is 1. The van der Waals surface area contributed by atoms with Crippen LogP contribution in [0.1, 0.15) is 59.3 Å². The number of ether oxygens (including phenoxy) is 1. The number of carbonyl (C=O) groups is 5. The quantitative estimate of drug-likeness (QED) is 0.0400. The molecule has 0 unspecified atom stereocenters. The number of carboxylic acid groups (broad SMARTS) is 2. The molecule has 8 N–H and O–H groups in total. The van der Waals surface area contributed by atoms with Crippen molar-refractivity contribution in [1.29, 1.82) is 0 Å². The zero-order chi connectivity index (χ0) is 57.2. The zero-order valence-electron chi connectivity index (χ0n) is 42.2. The van der Waals surface area contributed by atoms with E-state index in [4.69, 9.17) is 24.5 Å². The summed E-state index contributed by atoms with van der Waals surface area (Å²) in [6.45, 7) is 4.83. The van der Waals surface area contributed by atoms with Gasteiger partial charge in [-0.2, -0.15) is 26.3 Å². The van der Waals surface area contributed by atoms with Gasteiger partial charge in [-0.3, -0.25) is 19.7 Å². The Kier molecular flexibility index (Phi) is 21.9. The molecule has 1 fully saturated rings. The standard InChI is InChI=1S/C51H56N6O7.2C2HF3O2/c1-34(53-33-46(59)42-19-21-45(58)49-43(42)20-22-47(60)55-49)31-36-10-8-9-35(32-36)23-27-52-50(62)38-15-17-39(18-16-38)56(2)48(61)26-30-57-28-24-40(25-29-57)64-51(63)54-44-14-7-6-13-41(44)37-11-4-3-5-12-37;2*3-2(4,5)1(6)7/h3-22,32,34,40,46,53,58-59H,23-31,33H2,1-2H3,(H,52,62)(H,54,63)(H,55,60);2*(H,6,7)/t34-,46-;;/m0../s1. The second-order valence-electron chi connectivity index (χ2n) is 18.0. The summed E-state index contributed by atoms with van der Waals surface area (Å²) in [5.41, 5.74) is 6.64. The number of nitrogens with one attached hydrogen (secondary N) is 4. The lowest BCUT2D eigenvalue weighted by Crippen LogP contribution is -2.40. The summed E-state index contributed by atoms with van der Waals surface area (Å²) in [6.07, 6.45) is -8.60. The second kappa shape index (κ2) is 28.2. The van der Waals surface area contributed by atoms with Crippen molar-refractivity contribution in [1.82, 2.24) is 20.5 Å². The number of aliphatic carboxylic acids is 2. The van der Waals surface area contributed by atoms with E-state index in [1.165, 1.54) is 12.1 Å². The average molecular weight is 1090 g/mol. The minimum atomic E-state index is -5.08. The number of benzene rings is 5. The molecule has 2 atom stereocenters. The summed E-state index contributed by atoms with van der Waals surface area (Å²) in [6, 6.07) is 39.0. The number of aromatic nitrogens is 1. The van der Waals surface area contributed by atoms with E-state index in [9.17, 15) is 55.7 Å². The fourth-order valence-electron chi connectivity index (χ4n) is 8.14. The van der Waals surface area contributed by atoms with Crippen molar-refractivity contribution in [2.75, 3.05) is 50.0 Å². The summed E-state index contributed by atoms with van der Waals surface area (Å²) in [5, 5.41) is 45.3. The Morgan fingerprint density at radius 1 is 0.795 bits per heavy atom. The van der Waals surface area contributed by atoms with Crippen LogP contribution in [-0.2, 0) is 32.0 Å². The molecular formula is C55H58F6N6O11. The number of aliphatic hydroxyl groups is 1. The Labute approximate surface area is 443 Å². The molecule has 0 saturated carbocycles. The molecule has 5 aromatic carbocycles. The number of H-pyrrole nitrogens is 1. The predicted octanol–water partition coefficient (Wildman–Crippen LogP) is 8.46. The lowest BCUT2D eigenvalue weighted by Gasteiger charge is -2.31. The number of halogens is 6. The average Bonchev–Trinajstić information content (AvgIpc) is 3.42. The van der Waals surface area contributed by atoms with E-state index < -0.39 is 36.5 Å². The van der Waals surface area contributed by atoms with Gasteiger partial charge in [0.15, 0.2) is 0 Å². The Balaban J connectivity index is 0.000000706. The number of nitrogens with zero attached hydrogens (tertiary/aromatic N) is 2. The van der Waals surface area contributed by atoms with Gasteiger partial charge in [0, 0.05) is 80.5 Å². The van der Waals surface area contributed by atoms with E-state index in [1.54, 1.807) is 48.3 Å². The number of hydrogen-bond acceptors (Lipinski definition) is 11. The number of fused-ring (bicyclic) bond motifs is 1. The first-order valence-corrected chi connectivity index (χ1v) is 24.3. The van der Waals surface area contributed by atoms with Crippen molar-refractivity contribution in [3.8, 4) is 16.9 Å². The number of aliphatic hydroxyl groups excluding tert-OH is 1. The van der Waals surface area contributed by atoms with E-state index in [1.807, 2.05) is 73.7 Å². The molecule has 23 heteroatoms. The highest BCUT2D eigenvalue weighted by molar-refractivity contribution is 5.96. The molecule has 17 nitrogen and oxygen atoms in total. The van der Waals surface area contributed by atoms with Crippen LogP contribution in [0.15, 0.2) is 132 Å². The van der Waals surface area contributed by atoms with Crippen molar-refractivity contribution in [2.45, 2.75) is 69.6 Å². The normalized spacial score (nSPS) is 13.6. The van der Waals surface area contributed by atoms with Crippen molar-refractivity contribution in [2.24, 2.45) is 0 Å². The minimum absolute atomic E-state index is 0.0283. The molecule has 1 aliphatic rings. The number of para-hydroxylation sites is 1. The van der Waals surface area contributed by atoms with E-state index in [0.29, 0.717) is 72.2 Å². The van der Waals surface area contributed by atoms with Gasteiger partial charge in [-0.25, -0.2) is 14.4 Å². The SMILES string of the molecule is C[C@@H](Cc1cccc(CCNC(=O)c2ccc(N(C)C(=O)CCN3CCC(OC(=O)Nc4ccccc4-c4ccccc4)CC3)cc2)c1)NC[C@H](O)c1ccc(O)c2[nH]c(=O)ccc12.O=C(O)C(F)(F)F.O=C(O)C(F)(F)F. The molecule has 1 aliphatic heterocycles. The monoisotopic (exact) mass is 1090 g/mol. The van der Waals surface area contributed by atoms with Crippen LogP contribution in [-0.4, -0.2) is 124 Å². The highest BCUT2D eigenvalue weighted by Crippen LogP contribution is 2.30. The number of rotatable bonds is 17. The van der Waals surface area contributed by atoms with Crippen molar-refractivity contribution in [3.63, 3.8) is 0 Å². The Morgan fingerprint density at radius 2 is 1.41 bits per heavy atom. The third-order valence-electron chi connectivity index (χ3n) is 12.2. The molecule has 0 aliphatic carbocycles. The largest absolute Gasteiger partial charge is 0.506 e. The van der Waals surface area contributed by atoms with Crippen LogP contribution < -0.4 is 26.4 Å². The van der Waals surface area contributed by atoms with Crippen LogP contribution >= 0.6 is 0 Å². The van der Waals surface area contributed by atoms with Gasteiger partial charge in [0.2, 0.25) is 11.5 Å². The highest BCUT2D eigenvalue weighted by atomic mass is 19.4. The van der Waals surface area contributed by atoms with Gasteiger partial charge in [-0.05, 0) is 97.3 Å². The number of likely N-dealkylation sites (tertiary alicyclic amines) is 1. The number of phenols is 1. The highest BCUT2D eigenvalue weighted by Gasteiger charge is 2.39. The molecule has 1 saturated heterocycles. The number of carboxylic acids is 2. The fraction of sp³-hybridized carbons (Fsp3) is 0.309. The number of hydrogen-bond donors (Lipinski definition) is 8. The van der Waals surface area contributed by atoms with Crippen LogP contribution in [0.2, 0.25) is 0 Å². The summed E-state index contributed by atoms with van der Waals surface area (Å²) in [5.74, 6) is -5.78. The van der Waals surface area contributed by atoms with Gasteiger partial charge in [0.1, 0.15) is 11.9 Å². The van der Waals surface area contributed by atoms with Crippen molar-refractivity contribution < 1.29 is 75.5 Å². The van der Waals surface area contributed by atoms with Crippen LogP contribution in [0.3, 0.4) is 0 Å². The fourth-order valence-corrected chi connectivity index (χ4v) is 8.14. The Morgan fingerprint density at radius 3 is 2.05 bits per heavy atom. The lowest BCUT2D eigenvalue weighted by atomic mass is 10.0. The molecule has 7 rings (SSSR count). The first-order chi connectivity index (χ1) is 36.9. The van der Waals surface area contributed by atoms with Crippen LogP contribution in [0.4, 0.5) is 42.5 Å². The summed E-state index contributed by atoms with van der Waals surface area (Å²) >= 11 is 0. The maximum Gasteiger partial charge on any atom is 0.490 e. The number of amides is 3. The maximum absolute atomic E-state index is 13.2. The molecule has 0 spiro atoms. The zero-order valence-corrected chi connectivity index (χ0v) is 42.2. The van der Waals surface area contributed by atoms with E-state index in [-0.39, 0.29) is 41.8 Å². The number of phenolic OH excluding ortho intramolecular Hbond substituents is 1. The maximum atomic E-state index is 13.2. The smallest absolute Gasteiger partial charge is 0.490 e. The van der Waals surface area contributed by atoms with Gasteiger partial charge in [-0.1, -0.05) is 78.9 Å². The van der Waals surface area contributed by atoms with Crippen LogP contribution in [0.5, 0.6) is 5.75 Å². The van der Waals surface area contributed by atoms with E-state index >= 15 is 0 Å². The number of anilines is 2. The molecule has 416 valence electrons. The van der Waals surface area contributed by atoms with Crippen LogP contribution in [0.25, 0.3) is 22.0 Å². The number of carbonyl (C=O) groups excluding carboxylic acids is 3. The first kappa shape index (κ1) is 60.6. The third kappa shape index (κ3) is 18.8. The van der Waals surface area contributed by atoms with Crippen molar-refractivity contribution >= 4 is 52.1 Å². The van der Waals surface area contributed by atoms with Gasteiger partial charge >= 0.3 is 30.4 Å². The Bertz CT molecular complexity index is 3020. The second-order valence-corrected chi connectivity index (χ2v) is 18.0. The molecule has 0 radical (unpaired) electrons. The molecule has 3 amide bonds. The summed E-state index contributed by atoms with van der Waals surface area (Å²) in [7, 11) is 1.74. The van der Waals surface area contributed by atoms with Crippen LogP contribution in [0, 0.1) is 0 Å². The molecule has 1 aromatic heterocycles. The minimum Gasteiger partial charge on any atom is -0.506 e. The van der Waals surface area contributed by atoms with Gasteiger partial charge < -0.3 is 50.6 Å². The summed E-state index contributed by atoms with van der Waals surface area (Å²) in [4.78, 5) is 75.0. The Hall–Kier alpha value is -8.28. The predicted molar refractivity (Wildman–Crippen MR) is 278 cm³/mol. The topological polar surface area (TPSA) is 251 Å². The molecule has 6 aromatic rings. The summed E-state index contributed by atoms with van der Waals surface area (Å²) < 4.78 is 69.2. The lowest BCUT2D eigenvalue weighted by molar-refractivity contribution is -0.193. The van der Waals surface area contributed by atoms with E-state index in [2.05, 4.69) is 38.0 Å². The first-order valence-electron chi connectivity index (χ1n) is 24.3. The molecule has 78 heavy (non-hydrogen) atoms. The number of alkyl halides is 6.